The fraction of sp³-hybridized carbons (Fsp3) is 0.294. The van der Waals surface area contributed by atoms with Crippen molar-refractivity contribution in [1.29, 1.82) is 0 Å². The van der Waals surface area contributed by atoms with E-state index in [9.17, 15) is 5.11 Å². The molecule has 1 saturated heterocycles. The van der Waals surface area contributed by atoms with Crippen LogP contribution in [0.3, 0.4) is 0 Å². The van der Waals surface area contributed by atoms with Gasteiger partial charge >= 0.3 is 0 Å². The van der Waals surface area contributed by atoms with Crippen LogP contribution in [0.25, 0.3) is 0 Å². The first-order valence-corrected chi connectivity index (χ1v) is 13.6. The Labute approximate surface area is 236 Å². The second-order valence-electron chi connectivity index (χ2n) is 9.95. The Morgan fingerprint density at radius 3 is 1.50 bits per heavy atom. The van der Waals surface area contributed by atoms with E-state index in [0.29, 0.717) is 19.8 Å². The lowest BCUT2D eigenvalue weighted by atomic mass is 9.96. The Morgan fingerprint density at radius 1 is 0.575 bits per heavy atom. The third kappa shape index (κ3) is 7.86. The van der Waals surface area contributed by atoms with E-state index < -0.39 is 24.1 Å². The fourth-order valence-corrected chi connectivity index (χ4v) is 4.74. The summed E-state index contributed by atoms with van der Waals surface area (Å²) in [6.45, 7) is 1.37. The van der Waals surface area contributed by atoms with Crippen molar-refractivity contribution in [3.05, 3.63) is 144 Å². The van der Waals surface area contributed by atoms with Gasteiger partial charge in [-0.25, -0.2) is 0 Å². The minimum absolute atomic E-state index is 0.0854. The molecule has 0 amide bonds. The number of hydrogen-bond acceptors (Lipinski definition) is 6. The van der Waals surface area contributed by atoms with Crippen LogP contribution in [0.5, 0.6) is 0 Å². The molecule has 0 radical (unpaired) electrons. The van der Waals surface area contributed by atoms with E-state index in [1.165, 1.54) is 0 Å². The van der Waals surface area contributed by atoms with Gasteiger partial charge in [0.25, 0.3) is 0 Å². The lowest BCUT2D eigenvalue weighted by Gasteiger charge is -2.46. The number of rotatable bonds is 13. The van der Waals surface area contributed by atoms with Crippen molar-refractivity contribution < 1.29 is 28.8 Å². The van der Waals surface area contributed by atoms with Crippen LogP contribution in [0.15, 0.2) is 121 Å². The number of hydrogen-bond donors (Lipinski definition) is 1. The molecule has 1 N–H and O–H groups in total. The molecule has 4 atom stereocenters. The largest absolute Gasteiger partial charge is 0.371 e. The molecule has 0 aliphatic carbocycles. The fourth-order valence-electron chi connectivity index (χ4n) is 4.74. The summed E-state index contributed by atoms with van der Waals surface area (Å²) in [6.07, 6.45) is -1.97. The van der Waals surface area contributed by atoms with Crippen molar-refractivity contribution in [2.45, 2.75) is 50.5 Å². The summed E-state index contributed by atoms with van der Waals surface area (Å²) >= 11 is 0. The van der Waals surface area contributed by atoms with Gasteiger partial charge in [-0.3, -0.25) is 0 Å². The Bertz CT molecular complexity index is 1250. The number of aliphatic hydroxyl groups is 1. The normalized spacial score (nSPS) is 22.7. The van der Waals surface area contributed by atoms with Gasteiger partial charge in [0.1, 0.15) is 24.9 Å². The maximum atomic E-state index is 11.8. The molecule has 40 heavy (non-hydrogen) atoms. The van der Waals surface area contributed by atoms with Crippen LogP contribution in [0.1, 0.15) is 22.3 Å². The highest BCUT2D eigenvalue weighted by atomic mass is 16.7. The lowest BCUT2D eigenvalue weighted by Crippen LogP contribution is -2.64. The molecule has 208 valence electrons. The van der Waals surface area contributed by atoms with Gasteiger partial charge in [-0.1, -0.05) is 121 Å². The van der Waals surface area contributed by atoms with E-state index in [0.717, 1.165) is 22.3 Å². The zero-order valence-electron chi connectivity index (χ0n) is 22.5. The van der Waals surface area contributed by atoms with Crippen molar-refractivity contribution >= 4 is 0 Å². The summed E-state index contributed by atoms with van der Waals surface area (Å²) < 4.78 is 31.3. The maximum Gasteiger partial charge on any atom is 0.219 e. The SMILES string of the molecule is O[C@]1(COCc2ccccc2)OC[C@@H](OCc2ccccc2)[C@@H](OCc2ccccc2)[C@@H]1OCc1ccccc1. The minimum atomic E-state index is -1.74. The number of benzene rings is 4. The Kier molecular flexibility index (Phi) is 10.1. The van der Waals surface area contributed by atoms with Crippen molar-refractivity contribution in [2.75, 3.05) is 13.2 Å². The van der Waals surface area contributed by atoms with E-state index in [1.807, 2.05) is 121 Å². The van der Waals surface area contributed by atoms with Crippen LogP contribution in [0, 0.1) is 0 Å². The zero-order valence-corrected chi connectivity index (χ0v) is 22.5. The van der Waals surface area contributed by atoms with Crippen molar-refractivity contribution in [2.24, 2.45) is 0 Å². The van der Waals surface area contributed by atoms with Gasteiger partial charge in [0, 0.05) is 0 Å². The van der Waals surface area contributed by atoms with Gasteiger partial charge in [0.05, 0.1) is 33.0 Å². The molecule has 1 heterocycles. The van der Waals surface area contributed by atoms with Crippen molar-refractivity contribution in [3.63, 3.8) is 0 Å². The Balaban J connectivity index is 1.36. The van der Waals surface area contributed by atoms with Gasteiger partial charge in [-0.15, -0.1) is 0 Å². The molecule has 0 saturated carbocycles. The van der Waals surface area contributed by atoms with Crippen LogP contribution in [0.4, 0.5) is 0 Å². The molecular formula is C34H36O6. The van der Waals surface area contributed by atoms with Crippen molar-refractivity contribution in [3.8, 4) is 0 Å². The van der Waals surface area contributed by atoms with E-state index in [-0.39, 0.29) is 19.8 Å². The highest BCUT2D eigenvalue weighted by Gasteiger charge is 2.52. The van der Waals surface area contributed by atoms with E-state index in [2.05, 4.69) is 0 Å². The van der Waals surface area contributed by atoms with Crippen LogP contribution < -0.4 is 0 Å². The van der Waals surface area contributed by atoms with Crippen molar-refractivity contribution in [1.82, 2.24) is 0 Å². The molecule has 5 rings (SSSR count). The third-order valence-electron chi connectivity index (χ3n) is 6.89. The summed E-state index contributed by atoms with van der Waals surface area (Å²) in [5.41, 5.74) is 4.04. The smallest absolute Gasteiger partial charge is 0.219 e. The summed E-state index contributed by atoms with van der Waals surface area (Å²) in [4.78, 5) is 0. The van der Waals surface area contributed by atoms with Gasteiger partial charge in [-0.2, -0.15) is 0 Å². The average molecular weight is 541 g/mol. The molecule has 1 aliphatic heterocycles. The molecule has 0 aromatic heterocycles. The lowest BCUT2D eigenvalue weighted by molar-refractivity contribution is -0.356. The zero-order chi connectivity index (χ0) is 27.5. The van der Waals surface area contributed by atoms with Crippen LogP contribution >= 0.6 is 0 Å². The predicted molar refractivity (Wildman–Crippen MR) is 152 cm³/mol. The standard InChI is InChI=1S/C34H36O6/c35-34(26-36-21-27-13-5-1-6-14-27)33(39-24-30-19-11-4-12-20-30)32(38-23-29-17-9-3-10-18-29)31(25-40-34)37-22-28-15-7-2-8-16-28/h1-20,31-33,35H,21-26H2/t31-,32-,33+,34-/m1/s1. The minimum Gasteiger partial charge on any atom is -0.371 e. The summed E-state index contributed by atoms with van der Waals surface area (Å²) in [6, 6.07) is 39.6. The van der Waals surface area contributed by atoms with Gasteiger partial charge in [-0.05, 0) is 22.3 Å². The first-order chi connectivity index (χ1) is 19.7. The van der Waals surface area contributed by atoms with E-state index in [4.69, 9.17) is 23.7 Å². The molecule has 1 fully saturated rings. The van der Waals surface area contributed by atoms with Gasteiger partial charge < -0.3 is 28.8 Å². The molecule has 6 heteroatoms. The van der Waals surface area contributed by atoms with Crippen LogP contribution in [-0.2, 0) is 50.1 Å². The Morgan fingerprint density at radius 2 is 1.00 bits per heavy atom. The average Bonchev–Trinajstić information content (AvgIpc) is 3.01. The topological polar surface area (TPSA) is 66.4 Å². The first kappa shape index (κ1) is 28.2. The monoisotopic (exact) mass is 540 g/mol. The molecule has 0 unspecified atom stereocenters. The molecule has 1 aliphatic rings. The second kappa shape index (κ2) is 14.3. The molecule has 0 spiro atoms. The second-order valence-corrected chi connectivity index (χ2v) is 9.95. The maximum absolute atomic E-state index is 11.8. The molecule has 0 bridgehead atoms. The van der Waals surface area contributed by atoms with Crippen LogP contribution in [0.2, 0.25) is 0 Å². The van der Waals surface area contributed by atoms with E-state index >= 15 is 0 Å². The summed E-state index contributed by atoms with van der Waals surface area (Å²) in [5.74, 6) is -1.74. The molecule has 4 aromatic rings. The van der Waals surface area contributed by atoms with Gasteiger partial charge in [0.15, 0.2) is 0 Å². The third-order valence-corrected chi connectivity index (χ3v) is 6.89. The first-order valence-electron chi connectivity index (χ1n) is 13.6. The summed E-state index contributed by atoms with van der Waals surface area (Å²) in [5, 5.41) is 11.8. The van der Waals surface area contributed by atoms with E-state index in [1.54, 1.807) is 0 Å². The highest BCUT2D eigenvalue weighted by molar-refractivity contribution is 5.16. The molecule has 4 aromatic carbocycles. The molecule has 6 nitrogen and oxygen atoms in total. The quantitative estimate of drug-likeness (QED) is 0.236. The predicted octanol–water partition coefficient (Wildman–Crippen LogP) is 5.68. The summed E-state index contributed by atoms with van der Waals surface area (Å²) in [7, 11) is 0. The van der Waals surface area contributed by atoms with Crippen LogP contribution in [-0.4, -0.2) is 42.4 Å². The molecular weight excluding hydrogens is 504 g/mol. The highest BCUT2D eigenvalue weighted by Crippen LogP contribution is 2.32. The Hall–Kier alpha value is -3.36. The number of ether oxygens (including phenoxy) is 5. The van der Waals surface area contributed by atoms with Gasteiger partial charge in [0.2, 0.25) is 5.79 Å².